The highest BCUT2D eigenvalue weighted by Crippen LogP contribution is 2.61. The van der Waals surface area contributed by atoms with Crippen LogP contribution in [0.5, 0.6) is 0 Å². The second-order valence-electron chi connectivity index (χ2n) is 14.9. The van der Waals surface area contributed by atoms with Gasteiger partial charge in [-0.25, -0.2) is 9.97 Å². The van der Waals surface area contributed by atoms with Gasteiger partial charge >= 0.3 is 0 Å². The zero-order valence-corrected chi connectivity index (χ0v) is 29.9. The van der Waals surface area contributed by atoms with Gasteiger partial charge in [-0.05, 0) is 95.0 Å². The van der Waals surface area contributed by atoms with E-state index in [-0.39, 0.29) is 0 Å². The Kier molecular flexibility index (Phi) is 6.29. The maximum absolute atomic E-state index is 5.29. The molecule has 1 heterocycles. The minimum absolute atomic E-state index is 0.596. The molecule has 10 aromatic rings. The lowest BCUT2D eigenvalue weighted by Gasteiger charge is -2.36. The minimum atomic E-state index is -0.596. The van der Waals surface area contributed by atoms with Gasteiger partial charge < -0.3 is 0 Å². The van der Waals surface area contributed by atoms with Crippen LogP contribution in [-0.4, -0.2) is 9.97 Å². The molecule has 2 aliphatic rings. The summed E-state index contributed by atoms with van der Waals surface area (Å²) in [6, 6.07) is 66.4. The van der Waals surface area contributed by atoms with Crippen LogP contribution in [0.1, 0.15) is 33.4 Å². The number of rotatable bonds is 3. The van der Waals surface area contributed by atoms with Crippen LogP contribution in [0, 0.1) is 0 Å². The highest BCUT2D eigenvalue weighted by atomic mass is 14.9. The highest BCUT2D eigenvalue weighted by Gasteiger charge is 2.49. The summed E-state index contributed by atoms with van der Waals surface area (Å²) in [5, 5.41) is 7.82. The van der Waals surface area contributed by atoms with Crippen molar-refractivity contribution in [3.63, 3.8) is 0 Å². The summed E-state index contributed by atoms with van der Waals surface area (Å²) in [7, 11) is 0. The average molecular weight is 697 g/mol. The van der Waals surface area contributed by atoms with Crippen molar-refractivity contribution in [3.05, 3.63) is 215 Å². The zero-order chi connectivity index (χ0) is 36.1. The summed E-state index contributed by atoms with van der Waals surface area (Å²) < 4.78 is 0. The van der Waals surface area contributed by atoms with E-state index in [2.05, 4.69) is 182 Å². The van der Waals surface area contributed by atoms with Gasteiger partial charge in [-0.2, -0.15) is 0 Å². The fourth-order valence-electron chi connectivity index (χ4n) is 9.71. The van der Waals surface area contributed by atoms with Crippen LogP contribution in [-0.2, 0) is 5.41 Å². The van der Waals surface area contributed by atoms with Gasteiger partial charge in [0.1, 0.15) is 0 Å². The first-order valence-electron chi connectivity index (χ1n) is 19.0. The standard InChI is InChI=1S/C53H32N2/c1-3-13-35(14-4-1)47-32-48(36-15-5-2-6-16-36)55-52(54-47)40-27-24-34-23-22-33-12-7-9-20-43(33)53(45(34)31-40)44-21-10-8-19-41(44)51-42-29-28-38-18-11-17-37-25-26-39(30-46(51)53)50(42)49(37)38/h1-32H. The smallest absolute Gasteiger partial charge is 0.160 e. The normalized spacial score (nSPS) is 15.3. The molecule has 2 heteroatoms. The molecule has 1 aromatic heterocycles. The first-order chi connectivity index (χ1) is 27.3. The Morgan fingerprint density at radius 3 is 1.73 bits per heavy atom. The van der Waals surface area contributed by atoms with E-state index in [9.17, 15) is 0 Å². The second-order valence-corrected chi connectivity index (χ2v) is 14.9. The van der Waals surface area contributed by atoms with E-state index in [1.807, 2.05) is 12.1 Å². The van der Waals surface area contributed by atoms with E-state index >= 15 is 0 Å². The number of aromatic nitrogens is 2. The third-order valence-corrected chi connectivity index (χ3v) is 12.0. The van der Waals surface area contributed by atoms with Crippen LogP contribution in [0.25, 0.3) is 89.5 Å². The van der Waals surface area contributed by atoms with E-state index < -0.39 is 5.41 Å². The van der Waals surface area contributed by atoms with Crippen molar-refractivity contribution in [1.82, 2.24) is 9.97 Å². The number of hydrogen-bond acceptors (Lipinski definition) is 2. The fourth-order valence-corrected chi connectivity index (χ4v) is 9.71. The molecular weight excluding hydrogens is 665 g/mol. The van der Waals surface area contributed by atoms with E-state index in [0.717, 1.165) is 28.1 Å². The molecule has 0 radical (unpaired) electrons. The van der Waals surface area contributed by atoms with E-state index in [4.69, 9.17) is 9.97 Å². The van der Waals surface area contributed by atoms with E-state index in [1.54, 1.807) is 0 Å². The molecule has 12 rings (SSSR count). The number of nitrogens with zero attached hydrogens (tertiary/aromatic N) is 2. The van der Waals surface area contributed by atoms with Crippen LogP contribution >= 0.6 is 0 Å². The summed E-state index contributed by atoms with van der Waals surface area (Å²) in [4.78, 5) is 10.6. The van der Waals surface area contributed by atoms with E-state index in [1.165, 1.54) is 76.8 Å². The molecule has 0 fully saturated rings. The number of fused-ring (bicyclic) bond motifs is 10. The lowest BCUT2D eigenvalue weighted by atomic mass is 9.65. The largest absolute Gasteiger partial charge is 0.228 e. The minimum Gasteiger partial charge on any atom is -0.228 e. The average Bonchev–Trinajstić information content (AvgIpc) is 3.46. The van der Waals surface area contributed by atoms with Crippen molar-refractivity contribution in [2.75, 3.05) is 0 Å². The predicted molar refractivity (Wildman–Crippen MR) is 228 cm³/mol. The van der Waals surface area contributed by atoms with Crippen molar-refractivity contribution in [3.8, 4) is 45.0 Å². The molecule has 0 saturated carbocycles. The Hall–Kier alpha value is -7.16. The first-order valence-corrected chi connectivity index (χ1v) is 19.0. The SMILES string of the molecule is C1=Cc2ccc(-c3nc(-c4ccccc4)cc(-c4ccccc4)n3)cc2C2(c3ccccc31)c1ccccc1-c1c2cc2ccc3cccc4ccc1c2c34. The Morgan fingerprint density at radius 2 is 0.982 bits per heavy atom. The summed E-state index contributed by atoms with van der Waals surface area (Å²) in [6.45, 7) is 0. The van der Waals surface area contributed by atoms with Gasteiger partial charge in [0.15, 0.2) is 5.82 Å². The van der Waals surface area contributed by atoms with Crippen molar-refractivity contribution in [2.45, 2.75) is 5.41 Å². The third kappa shape index (κ3) is 4.25. The molecule has 0 bridgehead atoms. The summed E-state index contributed by atoms with van der Waals surface area (Å²) in [5.41, 5.74) is 14.5. The molecule has 1 atom stereocenters. The van der Waals surface area contributed by atoms with Crippen molar-refractivity contribution >= 4 is 44.5 Å². The summed E-state index contributed by atoms with van der Waals surface area (Å²) in [5.74, 6) is 0.710. The van der Waals surface area contributed by atoms with Crippen LogP contribution in [0.3, 0.4) is 0 Å². The molecular formula is C53H32N2. The zero-order valence-electron chi connectivity index (χ0n) is 29.9. The monoisotopic (exact) mass is 696 g/mol. The van der Waals surface area contributed by atoms with Gasteiger partial charge in [0.2, 0.25) is 0 Å². The lowest BCUT2D eigenvalue weighted by Crippen LogP contribution is -2.30. The van der Waals surface area contributed by atoms with Gasteiger partial charge in [-0.1, -0.05) is 176 Å². The molecule has 9 aromatic carbocycles. The number of hydrogen-bond donors (Lipinski definition) is 0. The maximum atomic E-state index is 5.29. The Labute approximate surface area is 319 Å². The molecule has 2 aliphatic carbocycles. The second kappa shape index (κ2) is 11.4. The molecule has 0 amide bonds. The Balaban J connectivity index is 1.19. The van der Waals surface area contributed by atoms with Crippen LogP contribution in [0.2, 0.25) is 0 Å². The third-order valence-electron chi connectivity index (χ3n) is 12.0. The molecule has 0 N–H and O–H groups in total. The molecule has 2 nitrogen and oxygen atoms in total. The van der Waals surface area contributed by atoms with Crippen molar-refractivity contribution in [2.24, 2.45) is 0 Å². The molecule has 0 aliphatic heterocycles. The molecule has 55 heavy (non-hydrogen) atoms. The maximum Gasteiger partial charge on any atom is 0.160 e. The van der Waals surface area contributed by atoms with Gasteiger partial charge in [-0.3, -0.25) is 0 Å². The molecule has 1 spiro atoms. The van der Waals surface area contributed by atoms with Crippen LogP contribution < -0.4 is 0 Å². The van der Waals surface area contributed by atoms with Gasteiger partial charge in [0.25, 0.3) is 0 Å². The summed E-state index contributed by atoms with van der Waals surface area (Å²) in [6.07, 6.45) is 4.60. The summed E-state index contributed by atoms with van der Waals surface area (Å²) >= 11 is 0. The van der Waals surface area contributed by atoms with E-state index in [0.29, 0.717) is 5.82 Å². The Bertz CT molecular complexity index is 3120. The fraction of sp³-hybridized carbons (Fsp3) is 0.0189. The van der Waals surface area contributed by atoms with Gasteiger partial charge in [0.05, 0.1) is 16.8 Å². The van der Waals surface area contributed by atoms with Crippen LogP contribution in [0.15, 0.2) is 182 Å². The molecule has 1 unspecified atom stereocenters. The number of benzene rings is 9. The first kappa shape index (κ1) is 30.3. The van der Waals surface area contributed by atoms with Gasteiger partial charge in [0, 0.05) is 16.7 Å². The Morgan fingerprint density at radius 1 is 0.364 bits per heavy atom. The van der Waals surface area contributed by atoms with Crippen molar-refractivity contribution in [1.29, 1.82) is 0 Å². The lowest BCUT2D eigenvalue weighted by molar-refractivity contribution is 0.768. The van der Waals surface area contributed by atoms with Crippen molar-refractivity contribution < 1.29 is 0 Å². The quantitative estimate of drug-likeness (QED) is 0.172. The van der Waals surface area contributed by atoms with Gasteiger partial charge in [-0.15, -0.1) is 0 Å². The van der Waals surface area contributed by atoms with Crippen LogP contribution in [0.4, 0.5) is 0 Å². The highest BCUT2D eigenvalue weighted by molar-refractivity contribution is 6.26. The molecule has 254 valence electrons. The molecule has 0 saturated heterocycles. The predicted octanol–water partition coefficient (Wildman–Crippen LogP) is 13.2. The topological polar surface area (TPSA) is 25.8 Å².